The summed E-state index contributed by atoms with van der Waals surface area (Å²) >= 11 is 1.65. The van der Waals surface area contributed by atoms with Crippen LogP contribution in [-0.2, 0) is 4.79 Å². The largest absolute Gasteiger partial charge is 0.356 e. The minimum atomic E-state index is -0.221. The van der Waals surface area contributed by atoms with Crippen molar-refractivity contribution in [3.8, 4) is 0 Å². The van der Waals surface area contributed by atoms with Crippen LogP contribution in [0.2, 0.25) is 0 Å². The van der Waals surface area contributed by atoms with Gasteiger partial charge in [0.2, 0.25) is 5.91 Å². The van der Waals surface area contributed by atoms with Crippen LogP contribution in [0.15, 0.2) is 29.2 Å². The highest BCUT2D eigenvalue weighted by molar-refractivity contribution is 7.99. The molecule has 0 bridgehead atoms. The highest BCUT2D eigenvalue weighted by Crippen LogP contribution is 2.18. The summed E-state index contributed by atoms with van der Waals surface area (Å²) in [6, 6.07) is 6.30. The fraction of sp³-hybridized carbons (Fsp3) is 0.500. The summed E-state index contributed by atoms with van der Waals surface area (Å²) in [6.45, 7) is 4.30. The first-order valence-electron chi connectivity index (χ1n) is 6.42. The number of nitrogens with one attached hydrogen (secondary N) is 1. The van der Waals surface area contributed by atoms with Gasteiger partial charge in [0, 0.05) is 23.4 Å². The van der Waals surface area contributed by atoms with Gasteiger partial charge in [0.05, 0.1) is 0 Å². The predicted octanol–water partition coefficient (Wildman–Crippen LogP) is 2.83. The van der Waals surface area contributed by atoms with Crippen LogP contribution in [0.4, 0.5) is 4.39 Å². The first-order chi connectivity index (χ1) is 9.00. The number of hydrogen-bond acceptors (Lipinski definition) is 3. The van der Waals surface area contributed by atoms with Crippen LogP contribution in [-0.4, -0.2) is 24.2 Å². The molecule has 0 radical (unpaired) electrons. The topological polar surface area (TPSA) is 55.1 Å². The molecule has 0 fully saturated rings. The average molecular weight is 321 g/mol. The van der Waals surface area contributed by atoms with Crippen molar-refractivity contribution in [3.63, 3.8) is 0 Å². The van der Waals surface area contributed by atoms with E-state index in [1.807, 2.05) is 13.8 Å². The van der Waals surface area contributed by atoms with Crippen molar-refractivity contribution >= 4 is 30.1 Å². The summed E-state index contributed by atoms with van der Waals surface area (Å²) in [7, 11) is 0. The average Bonchev–Trinajstić information content (AvgIpc) is 2.39. The molecule has 1 aromatic carbocycles. The maximum atomic E-state index is 12.7. The smallest absolute Gasteiger partial charge is 0.224 e. The second-order valence-corrected chi connectivity index (χ2v) is 5.76. The maximum Gasteiger partial charge on any atom is 0.224 e. The number of nitrogens with two attached hydrogens (primary N) is 1. The van der Waals surface area contributed by atoms with E-state index in [1.54, 1.807) is 23.9 Å². The quantitative estimate of drug-likeness (QED) is 0.600. The number of thioether (sulfide) groups is 1. The van der Waals surface area contributed by atoms with Crippen molar-refractivity contribution in [1.29, 1.82) is 0 Å². The highest BCUT2D eigenvalue weighted by atomic mass is 35.5. The van der Waals surface area contributed by atoms with Crippen LogP contribution in [0.3, 0.4) is 0 Å². The third-order valence-corrected chi connectivity index (χ3v) is 4.00. The minimum Gasteiger partial charge on any atom is -0.356 e. The second kappa shape index (κ2) is 10.0. The Balaban J connectivity index is 0.00000361. The van der Waals surface area contributed by atoms with Gasteiger partial charge in [0.1, 0.15) is 5.82 Å². The molecule has 0 aliphatic carbocycles. The van der Waals surface area contributed by atoms with E-state index < -0.39 is 0 Å². The number of rotatable bonds is 7. The molecule has 1 amide bonds. The molecule has 0 aromatic heterocycles. The fourth-order valence-electron chi connectivity index (χ4n) is 1.40. The van der Waals surface area contributed by atoms with Crippen LogP contribution in [0.1, 0.15) is 20.3 Å². The molecular formula is C14H22ClFN2OS. The monoisotopic (exact) mass is 320 g/mol. The van der Waals surface area contributed by atoms with Crippen LogP contribution in [0.5, 0.6) is 0 Å². The molecule has 0 aliphatic rings. The number of amides is 1. The molecule has 0 saturated heterocycles. The van der Waals surface area contributed by atoms with E-state index in [1.165, 1.54) is 12.1 Å². The van der Waals surface area contributed by atoms with E-state index in [9.17, 15) is 9.18 Å². The number of benzene rings is 1. The van der Waals surface area contributed by atoms with Gasteiger partial charge in [-0.3, -0.25) is 4.79 Å². The molecule has 3 N–H and O–H groups in total. The number of carbonyl (C=O) groups excluding carboxylic acids is 1. The van der Waals surface area contributed by atoms with Crippen molar-refractivity contribution in [3.05, 3.63) is 30.1 Å². The van der Waals surface area contributed by atoms with E-state index >= 15 is 0 Å². The van der Waals surface area contributed by atoms with E-state index in [0.717, 1.165) is 17.1 Å². The molecule has 114 valence electrons. The van der Waals surface area contributed by atoms with Crippen molar-refractivity contribution in [2.45, 2.75) is 31.2 Å². The molecule has 0 saturated carbocycles. The SMILES string of the molecule is CC(N)C(C)C(=O)NCCCSc1ccc(F)cc1.Cl. The number of hydrogen-bond donors (Lipinski definition) is 2. The summed E-state index contributed by atoms with van der Waals surface area (Å²) in [6.07, 6.45) is 0.874. The van der Waals surface area contributed by atoms with Gasteiger partial charge in [0.25, 0.3) is 0 Å². The Bertz CT molecular complexity index is 401. The third kappa shape index (κ3) is 7.12. The van der Waals surface area contributed by atoms with Gasteiger partial charge in [-0.2, -0.15) is 0 Å². The van der Waals surface area contributed by atoms with Gasteiger partial charge < -0.3 is 11.1 Å². The number of halogens is 2. The molecule has 3 nitrogen and oxygen atoms in total. The number of carbonyl (C=O) groups is 1. The Morgan fingerprint density at radius 2 is 1.95 bits per heavy atom. The van der Waals surface area contributed by atoms with E-state index in [-0.39, 0.29) is 36.1 Å². The van der Waals surface area contributed by atoms with Crippen LogP contribution in [0.25, 0.3) is 0 Å². The summed E-state index contributed by atoms with van der Waals surface area (Å²) in [5, 5.41) is 2.87. The molecule has 0 aliphatic heterocycles. The van der Waals surface area contributed by atoms with Crippen molar-refractivity contribution in [1.82, 2.24) is 5.32 Å². The summed E-state index contributed by atoms with van der Waals surface area (Å²) in [5.41, 5.74) is 5.66. The molecule has 0 spiro atoms. The zero-order valence-electron chi connectivity index (χ0n) is 11.8. The fourth-order valence-corrected chi connectivity index (χ4v) is 2.26. The zero-order chi connectivity index (χ0) is 14.3. The van der Waals surface area contributed by atoms with Crippen LogP contribution < -0.4 is 11.1 Å². The predicted molar refractivity (Wildman–Crippen MR) is 84.8 cm³/mol. The Hall–Kier alpha value is -0.780. The minimum absolute atomic E-state index is 0. The first-order valence-corrected chi connectivity index (χ1v) is 7.41. The molecule has 20 heavy (non-hydrogen) atoms. The molecule has 2 unspecified atom stereocenters. The normalized spacial score (nSPS) is 13.2. The summed E-state index contributed by atoms with van der Waals surface area (Å²) < 4.78 is 12.7. The van der Waals surface area contributed by atoms with Crippen molar-refractivity contribution in [2.24, 2.45) is 11.7 Å². The van der Waals surface area contributed by atoms with E-state index in [2.05, 4.69) is 5.32 Å². The van der Waals surface area contributed by atoms with Crippen LogP contribution in [0, 0.1) is 11.7 Å². The Kier molecular flexibility index (Phi) is 9.63. The summed E-state index contributed by atoms with van der Waals surface area (Å²) in [5.74, 6) is 0.506. The Labute approximate surface area is 130 Å². The molecule has 0 heterocycles. The van der Waals surface area contributed by atoms with Crippen molar-refractivity contribution in [2.75, 3.05) is 12.3 Å². The lowest BCUT2D eigenvalue weighted by Gasteiger charge is -2.15. The van der Waals surface area contributed by atoms with Gasteiger partial charge in [-0.15, -0.1) is 24.2 Å². The molecule has 1 aromatic rings. The van der Waals surface area contributed by atoms with Gasteiger partial charge in [-0.05, 0) is 43.4 Å². The van der Waals surface area contributed by atoms with Gasteiger partial charge in [-0.1, -0.05) is 6.92 Å². The van der Waals surface area contributed by atoms with Gasteiger partial charge >= 0.3 is 0 Å². The lowest BCUT2D eigenvalue weighted by Crippen LogP contribution is -2.39. The molecule has 1 rings (SSSR count). The lowest BCUT2D eigenvalue weighted by molar-refractivity contribution is -0.124. The summed E-state index contributed by atoms with van der Waals surface area (Å²) in [4.78, 5) is 12.7. The zero-order valence-corrected chi connectivity index (χ0v) is 13.4. The lowest BCUT2D eigenvalue weighted by atomic mass is 10.0. The maximum absolute atomic E-state index is 12.7. The van der Waals surface area contributed by atoms with Gasteiger partial charge in [0.15, 0.2) is 0 Å². The highest BCUT2D eigenvalue weighted by Gasteiger charge is 2.15. The third-order valence-electron chi connectivity index (χ3n) is 2.90. The molecular weight excluding hydrogens is 299 g/mol. The van der Waals surface area contributed by atoms with E-state index in [0.29, 0.717) is 6.54 Å². The Morgan fingerprint density at radius 1 is 1.35 bits per heavy atom. The standard InChI is InChI=1S/C14H21FN2OS.ClH/c1-10(11(2)16)14(18)17-8-3-9-19-13-6-4-12(15)5-7-13;/h4-7,10-11H,3,8-9,16H2,1-2H3,(H,17,18);1H. The Morgan fingerprint density at radius 3 is 2.50 bits per heavy atom. The molecule has 2 atom stereocenters. The van der Waals surface area contributed by atoms with E-state index in [4.69, 9.17) is 5.73 Å². The second-order valence-electron chi connectivity index (χ2n) is 4.59. The first kappa shape index (κ1) is 19.2. The van der Waals surface area contributed by atoms with Crippen LogP contribution >= 0.6 is 24.2 Å². The van der Waals surface area contributed by atoms with Gasteiger partial charge in [-0.25, -0.2) is 4.39 Å². The van der Waals surface area contributed by atoms with Crippen molar-refractivity contribution < 1.29 is 9.18 Å². The molecule has 6 heteroatoms.